The van der Waals surface area contributed by atoms with Crippen LogP contribution in [0.3, 0.4) is 0 Å². The molecule has 1 fully saturated rings. The van der Waals surface area contributed by atoms with Gasteiger partial charge < -0.3 is 10.1 Å². The van der Waals surface area contributed by atoms with E-state index in [9.17, 15) is 8.78 Å². The van der Waals surface area contributed by atoms with Crippen molar-refractivity contribution in [3.05, 3.63) is 29.8 Å². The zero-order valence-electron chi connectivity index (χ0n) is 11.7. The summed E-state index contributed by atoms with van der Waals surface area (Å²) in [5.41, 5.74) is 0.168. The molecule has 0 spiro atoms. The molecule has 1 saturated carbocycles. The van der Waals surface area contributed by atoms with Crippen LogP contribution in [0.1, 0.15) is 33.1 Å². The summed E-state index contributed by atoms with van der Waals surface area (Å²) < 4.78 is 32.6. The Morgan fingerprint density at radius 2 is 2.05 bits per heavy atom. The van der Waals surface area contributed by atoms with Crippen LogP contribution in [0, 0.1) is 17.0 Å². The second kappa shape index (κ2) is 5.45. The Morgan fingerprint density at radius 1 is 1.32 bits per heavy atom. The first-order chi connectivity index (χ1) is 8.93. The summed E-state index contributed by atoms with van der Waals surface area (Å²) in [7, 11) is 1.88. The first-order valence-electron chi connectivity index (χ1n) is 6.71. The maximum Gasteiger partial charge on any atom is 0.200 e. The van der Waals surface area contributed by atoms with E-state index in [1.807, 2.05) is 7.05 Å². The molecule has 0 radical (unpaired) electrons. The number of rotatable bonds is 3. The summed E-state index contributed by atoms with van der Waals surface area (Å²) in [6.07, 6.45) is 2.77. The van der Waals surface area contributed by atoms with Crippen LogP contribution in [0.4, 0.5) is 8.78 Å². The van der Waals surface area contributed by atoms with Gasteiger partial charge in [0.05, 0.1) is 0 Å². The molecule has 0 aromatic heterocycles. The highest BCUT2D eigenvalue weighted by molar-refractivity contribution is 5.25. The highest BCUT2D eigenvalue weighted by atomic mass is 19.2. The monoisotopic (exact) mass is 269 g/mol. The van der Waals surface area contributed by atoms with Crippen molar-refractivity contribution in [2.75, 3.05) is 7.05 Å². The minimum absolute atomic E-state index is 0.00273. The van der Waals surface area contributed by atoms with Gasteiger partial charge in [-0.3, -0.25) is 0 Å². The molecule has 1 N–H and O–H groups in total. The Balaban J connectivity index is 2.17. The minimum Gasteiger partial charge on any atom is -0.486 e. The van der Waals surface area contributed by atoms with Crippen molar-refractivity contribution in [3.63, 3.8) is 0 Å². The number of hydrogen-bond acceptors (Lipinski definition) is 2. The van der Waals surface area contributed by atoms with Crippen molar-refractivity contribution in [2.45, 2.75) is 45.3 Å². The quantitative estimate of drug-likeness (QED) is 0.906. The maximum atomic E-state index is 13.7. The Hall–Kier alpha value is -1.16. The van der Waals surface area contributed by atoms with Crippen LogP contribution in [0.25, 0.3) is 0 Å². The molecule has 1 aromatic rings. The highest BCUT2D eigenvalue weighted by Gasteiger charge is 2.36. The molecular weight excluding hydrogens is 248 g/mol. The van der Waals surface area contributed by atoms with Crippen LogP contribution in [-0.4, -0.2) is 19.2 Å². The zero-order chi connectivity index (χ0) is 14.0. The maximum absolute atomic E-state index is 13.7. The van der Waals surface area contributed by atoms with Gasteiger partial charge in [0, 0.05) is 6.04 Å². The fraction of sp³-hybridized carbons (Fsp3) is 0.600. The van der Waals surface area contributed by atoms with Crippen LogP contribution in [-0.2, 0) is 0 Å². The molecule has 4 heteroatoms. The van der Waals surface area contributed by atoms with Crippen molar-refractivity contribution in [1.82, 2.24) is 5.32 Å². The van der Waals surface area contributed by atoms with Crippen LogP contribution < -0.4 is 10.1 Å². The predicted octanol–water partition coefficient (Wildman–Crippen LogP) is 3.51. The van der Waals surface area contributed by atoms with E-state index in [4.69, 9.17) is 4.74 Å². The SMILES string of the molecule is CNC1CCC(C)(C)CC1Oc1cccc(F)c1F. The van der Waals surface area contributed by atoms with Gasteiger partial charge in [-0.2, -0.15) is 4.39 Å². The molecule has 2 nitrogen and oxygen atoms in total. The third kappa shape index (κ3) is 3.24. The second-order valence-electron chi connectivity index (χ2n) is 6.01. The number of ether oxygens (including phenoxy) is 1. The summed E-state index contributed by atoms with van der Waals surface area (Å²) >= 11 is 0. The largest absolute Gasteiger partial charge is 0.486 e. The van der Waals surface area contributed by atoms with Crippen LogP contribution in [0.2, 0.25) is 0 Å². The fourth-order valence-corrected chi connectivity index (χ4v) is 2.71. The van der Waals surface area contributed by atoms with Gasteiger partial charge in [0.25, 0.3) is 0 Å². The number of nitrogens with one attached hydrogen (secondary N) is 1. The summed E-state index contributed by atoms with van der Waals surface area (Å²) in [6.45, 7) is 4.36. The Labute approximate surface area is 113 Å². The summed E-state index contributed by atoms with van der Waals surface area (Å²) in [5.74, 6) is -1.77. The fourth-order valence-electron chi connectivity index (χ4n) is 2.71. The predicted molar refractivity (Wildman–Crippen MR) is 71.3 cm³/mol. The van der Waals surface area contributed by atoms with Crippen LogP contribution in [0.5, 0.6) is 5.75 Å². The van der Waals surface area contributed by atoms with Crippen LogP contribution >= 0.6 is 0 Å². The number of halogens is 2. The zero-order valence-corrected chi connectivity index (χ0v) is 11.7. The van der Waals surface area contributed by atoms with E-state index in [0.717, 1.165) is 25.3 Å². The molecule has 2 unspecified atom stereocenters. The first-order valence-corrected chi connectivity index (χ1v) is 6.71. The third-order valence-electron chi connectivity index (χ3n) is 3.90. The highest BCUT2D eigenvalue weighted by Crippen LogP contribution is 2.37. The summed E-state index contributed by atoms with van der Waals surface area (Å²) in [4.78, 5) is 0. The van der Waals surface area contributed by atoms with E-state index in [-0.39, 0.29) is 23.3 Å². The normalized spacial score (nSPS) is 26.2. The molecule has 1 aliphatic carbocycles. The lowest BCUT2D eigenvalue weighted by Gasteiger charge is -2.40. The molecule has 106 valence electrons. The Bertz CT molecular complexity index is 448. The molecule has 2 atom stereocenters. The van der Waals surface area contributed by atoms with E-state index in [2.05, 4.69) is 19.2 Å². The van der Waals surface area contributed by atoms with Crippen molar-refractivity contribution in [1.29, 1.82) is 0 Å². The van der Waals surface area contributed by atoms with Gasteiger partial charge in [0.2, 0.25) is 5.82 Å². The Kier molecular flexibility index (Phi) is 4.09. The Morgan fingerprint density at radius 3 is 2.74 bits per heavy atom. The van der Waals surface area contributed by atoms with E-state index in [0.29, 0.717) is 0 Å². The molecule has 19 heavy (non-hydrogen) atoms. The van der Waals surface area contributed by atoms with E-state index in [1.54, 1.807) is 0 Å². The second-order valence-corrected chi connectivity index (χ2v) is 6.01. The topological polar surface area (TPSA) is 21.3 Å². The van der Waals surface area contributed by atoms with Crippen molar-refractivity contribution >= 4 is 0 Å². The third-order valence-corrected chi connectivity index (χ3v) is 3.90. The summed E-state index contributed by atoms with van der Waals surface area (Å²) in [6, 6.07) is 4.22. The van der Waals surface area contributed by atoms with Crippen molar-refractivity contribution in [3.8, 4) is 5.75 Å². The molecule has 0 saturated heterocycles. The lowest BCUT2D eigenvalue weighted by atomic mass is 9.74. The van der Waals surface area contributed by atoms with Gasteiger partial charge in [-0.1, -0.05) is 19.9 Å². The smallest absolute Gasteiger partial charge is 0.200 e. The molecule has 0 aliphatic heterocycles. The molecule has 0 heterocycles. The van der Waals surface area contributed by atoms with Crippen molar-refractivity contribution < 1.29 is 13.5 Å². The van der Waals surface area contributed by atoms with Gasteiger partial charge in [-0.05, 0) is 43.9 Å². The number of likely N-dealkylation sites (N-methyl/N-ethyl adjacent to an activating group) is 1. The first kappa shape index (κ1) is 14.3. The van der Waals surface area contributed by atoms with E-state index < -0.39 is 11.6 Å². The molecule has 1 aliphatic rings. The summed E-state index contributed by atoms with van der Waals surface area (Å²) in [5, 5.41) is 3.20. The van der Waals surface area contributed by atoms with Gasteiger partial charge in [-0.15, -0.1) is 0 Å². The molecule has 0 bridgehead atoms. The van der Waals surface area contributed by atoms with E-state index >= 15 is 0 Å². The molecular formula is C15H21F2NO. The van der Waals surface area contributed by atoms with Crippen LogP contribution in [0.15, 0.2) is 18.2 Å². The lowest BCUT2D eigenvalue weighted by Crippen LogP contribution is -2.47. The molecule has 2 rings (SSSR count). The van der Waals surface area contributed by atoms with Gasteiger partial charge >= 0.3 is 0 Å². The lowest BCUT2D eigenvalue weighted by molar-refractivity contribution is 0.0526. The van der Waals surface area contributed by atoms with Gasteiger partial charge in [0.1, 0.15) is 6.10 Å². The average molecular weight is 269 g/mol. The van der Waals surface area contributed by atoms with Gasteiger partial charge in [-0.25, -0.2) is 4.39 Å². The minimum atomic E-state index is -0.902. The van der Waals surface area contributed by atoms with E-state index in [1.165, 1.54) is 12.1 Å². The number of hydrogen-bond donors (Lipinski definition) is 1. The van der Waals surface area contributed by atoms with Crippen molar-refractivity contribution in [2.24, 2.45) is 5.41 Å². The average Bonchev–Trinajstić information content (AvgIpc) is 2.34. The van der Waals surface area contributed by atoms with Gasteiger partial charge in [0.15, 0.2) is 11.6 Å². The molecule has 0 amide bonds. The number of benzene rings is 1. The molecule has 1 aromatic carbocycles. The standard InChI is InChI=1S/C15H21F2NO/c1-15(2)8-7-11(18-3)13(9-15)19-12-6-4-5-10(16)14(12)17/h4-6,11,13,18H,7-9H2,1-3H3.